The van der Waals surface area contributed by atoms with Gasteiger partial charge in [-0.25, -0.2) is 17.6 Å². The number of hydrogen-bond acceptors (Lipinski definition) is 13. The zero-order valence-electron chi connectivity index (χ0n) is 38.6. The molecule has 1 atom stereocenters. The van der Waals surface area contributed by atoms with Crippen LogP contribution in [0.5, 0.6) is 23.0 Å². The van der Waals surface area contributed by atoms with Crippen LogP contribution < -0.4 is 34.2 Å². The second kappa shape index (κ2) is 19.1. The first-order chi connectivity index (χ1) is 32.7. The van der Waals surface area contributed by atoms with Gasteiger partial charge in [-0.15, -0.1) is 0 Å². The molecule has 4 aromatic carbocycles. The van der Waals surface area contributed by atoms with E-state index in [1.54, 1.807) is 48.1 Å². The monoisotopic (exact) mass is 950 g/mol. The average molecular weight is 951 g/mol. The predicted molar refractivity (Wildman–Crippen MR) is 254 cm³/mol. The maximum absolute atomic E-state index is 15.4. The van der Waals surface area contributed by atoms with E-state index in [-0.39, 0.29) is 36.0 Å². The Bertz CT molecular complexity index is 2880. The zero-order chi connectivity index (χ0) is 47.9. The quantitative estimate of drug-likeness (QED) is 0.118. The van der Waals surface area contributed by atoms with E-state index in [2.05, 4.69) is 25.1 Å². The van der Waals surface area contributed by atoms with Gasteiger partial charge in [-0.2, -0.15) is 5.10 Å². The number of aromatic nitrogens is 2. The highest BCUT2D eigenvalue weighted by atomic mass is 32.2. The molecular formula is C49H55FN8O9S. The second-order valence-electron chi connectivity index (χ2n) is 17.8. The number of halogens is 1. The van der Waals surface area contributed by atoms with Gasteiger partial charge in [0, 0.05) is 82.7 Å². The molecule has 5 aromatic rings. The zero-order valence-corrected chi connectivity index (χ0v) is 39.4. The van der Waals surface area contributed by atoms with Gasteiger partial charge in [0.1, 0.15) is 15.6 Å². The summed E-state index contributed by atoms with van der Waals surface area (Å²) in [5.74, 6) is -0.236. The Hall–Kier alpha value is -6.73. The van der Waals surface area contributed by atoms with Crippen molar-refractivity contribution in [2.24, 2.45) is 13.0 Å². The van der Waals surface area contributed by atoms with Crippen molar-refractivity contribution in [3.63, 3.8) is 0 Å². The highest BCUT2D eigenvalue weighted by molar-refractivity contribution is 7.90. The lowest BCUT2D eigenvalue weighted by molar-refractivity contribution is -0.120. The van der Waals surface area contributed by atoms with Gasteiger partial charge in [0.05, 0.1) is 47.8 Å². The van der Waals surface area contributed by atoms with E-state index in [9.17, 15) is 27.6 Å². The third-order valence-corrected chi connectivity index (χ3v) is 14.3. The molecule has 0 bridgehead atoms. The number of sulfone groups is 1. The van der Waals surface area contributed by atoms with Crippen LogP contribution in [0, 0.1) is 11.7 Å². The topological polar surface area (TPSA) is 176 Å². The summed E-state index contributed by atoms with van der Waals surface area (Å²) in [7, 11) is -0.428. The van der Waals surface area contributed by atoms with Gasteiger partial charge in [0.25, 0.3) is 11.8 Å². The minimum atomic E-state index is -3.64. The number of carbonyl (C=O) groups is 4. The van der Waals surface area contributed by atoms with E-state index in [0.717, 1.165) is 68.8 Å². The first kappa shape index (κ1) is 46.4. The standard InChI is InChI=1S/C49H55FN8O9S/c1-5-66-43-27-32(9-14-41(43)65-3)40(30-68(4,63)64)58-47(60)35-7-6-8-38(45(35)48(58)61)56-25-23-54(24-26-56)19-15-31-16-20-55(21-17-31)33-10-12-34(13-11-33)67-42-29-39-36(28-37(42)50)46(52-53(39)2)57-22-18-44(59)51-49(57)62/h6-14,27-29,31,40H,5,15-26,30H2,1-4H3,(H,51,59,62). The Balaban J connectivity index is 0.771. The summed E-state index contributed by atoms with van der Waals surface area (Å²) in [6, 6.07) is 19.1. The van der Waals surface area contributed by atoms with E-state index in [1.165, 1.54) is 18.1 Å². The molecule has 3 fully saturated rings. The molecule has 17 nitrogen and oxygen atoms in total. The second-order valence-corrected chi connectivity index (χ2v) is 20.0. The van der Waals surface area contributed by atoms with Crippen LogP contribution in [0.25, 0.3) is 10.9 Å². The fourth-order valence-corrected chi connectivity index (χ4v) is 10.7. The van der Waals surface area contributed by atoms with Crippen molar-refractivity contribution < 1.29 is 46.2 Å². The Labute approximate surface area is 394 Å². The molecule has 0 saturated carbocycles. The molecule has 9 rings (SSSR count). The van der Waals surface area contributed by atoms with Gasteiger partial charge in [0.15, 0.2) is 28.9 Å². The number of ether oxygens (including phenoxy) is 3. The molecular weight excluding hydrogens is 896 g/mol. The van der Waals surface area contributed by atoms with Crippen LogP contribution in [-0.2, 0) is 21.7 Å². The number of piperazine rings is 1. The van der Waals surface area contributed by atoms with E-state index in [4.69, 9.17) is 14.2 Å². The van der Waals surface area contributed by atoms with E-state index in [1.807, 2.05) is 37.3 Å². The number of benzene rings is 4. The van der Waals surface area contributed by atoms with Crippen molar-refractivity contribution >= 4 is 61.7 Å². The molecule has 1 aromatic heterocycles. The molecule has 4 aliphatic heterocycles. The largest absolute Gasteiger partial charge is 0.493 e. The van der Waals surface area contributed by atoms with Crippen LogP contribution in [0.15, 0.2) is 72.8 Å². The van der Waals surface area contributed by atoms with Gasteiger partial charge in [-0.05, 0) is 98.8 Å². The number of aryl methyl sites for hydroxylation is 1. The predicted octanol–water partition coefficient (Wildman–Crippen LogP) is 6.17. The third kappa shape index (κ3) is 9.41. The van der Waals surface area contributed by atoms with Crippen molar-refractivity contribution in [3.05, 3.63) is 95.3 Å². The summed E-state index contributed by atoms with van der Waals surface area (Å²) in [4.78, 5) is 61.9. The number of fused-ring (bicyclic) bond motifs is 2. The number of imide groups is 2. The lowest BCUT2D eigenvalue weighted by Gasteiger charge is -2.38. The number of piperidine rings is 1. The summed E-state index contributed by atoms with van der Waals surface area (Å²) < 4.78 is 59.7. The molecule has 1 unspecified atom stereocenters. The van der Waals surface area contributed by atoms with Crippen molar-refractivity contribution in [1.82, 2.24) is 24.9 Å². The number of urea groups is 1. The van der Waals surface area contributed by atoms with Crippen LogP contribution in [0.3, 0.4) is 0 Å². The lowest BCUT2D eigenvalue weighted by atomic mass is 9.93. The number of rotatable bonds is 15. The molecule has 0 spiro atoms. The fourth-order valence-electron chi connectivity index (χ4n) is 9.80. The highest BCUT2D eigenvalue weighted by Gasteiger charge is 2.44. The summed E-state index contributed by atoms with van der Waals surface area (Å²) in [6.07, 6.45) is 4.40. The first-order valence-electron chi connectivity index (χ1n) is 23.0. The molecule has 0 aliphatic carbocycles. The summed E-state index contributed by atoms with van der Waals surface area (Å²) >= 11 is 0. The number of hydrogen-bond donors (Lipinski definition) is 1. The summed E-state index contributed by atoms with van der Waals surface area (Å²) in [5, 5.41) is 7.15. The number of methoxy groups -OCH3 is 1. The Morgan fingerprint density at radius 3 is 2.29 bits per heavy atom. The first-order valence-corrected chi connectivity index (χ1v) is 25.0. The van der Waals surface area contributed by atoms with Crippen LogP contribution in [-0.4, -0.2) is 130 Å². The van der Waals surface area contributed by atoms with Crippen molar-refractivity contribution in [3.8, 4) is 23.0 Å². The number of amides is 5. The SMILES string of the molecule is CCOc1cc(C(CS(C)(=O)=O)N2C(=O)c3cccc(N4CCN(CCC5CCN(c6ccc(Oc7cc8c(cc7F)c(N7CCC(=O)NC7=O)nn8C)cc6)CC5)CC4)c3C2=O)ccc1OC. The van der Waals surface area contributed by atoms with Gasteiger partial charge in [0.2, 0.25) is 5.91 Å². The van der Waals surface area contributed by atoms with Gasteiger partial charge in [-0.3, -0.25) is 39.1 Å². The van der Waals surface area contributed by atoms with Crippen molar-refractivity contribution in [2.45, 2.75) is 38.6 Å². The van der Waals surface area contributed by atoms with E-state index in [0.29, 0.717) is 70.6 Å². The molecule has 3 saturated heterocycles. The molecule has 4 aliphatic rings. The Morgan fingerprint density at radius 2 is 1.60 bits per heavy atom. The lowest BCUT2D eigenvalue weighted by Crippen LogP contribution is -2.49. The molecule has 5 heterocycles. The minimum absolute atomic E-state index is 0.0300. The van der Waals surface area contributed by atoms with Gasteiger partial charge < -0.3 is 24.0 Å². The molecule has 358 valence electrons. The van der Waals surface area contributed by atoms with Crippen LogP contribution in [0.2, 0.25) is 0 Å². The van der Waals surface area contributed by atoms with E-state index >= 15 is 4.39 Å². The number of nitrogens with zero attached hydrogens (tertiary/aromatic N) is 7. The molecule has 19 heteroatoms. The molecule has 0 radical (unpaired) electrons. The average Bonchev–Trinajstić information content (AvgIpc) is 3.77. The Morgan fingerprint density at radius 1 is 0.853 bits per heavy atom. The minimum Gasteiger partial charge on any atom is -0.493 e. The van der Waals surface area contributed by atoms with Crippen LogP contribution in [0.1, 0.15) is 64.9 Å². The van der Waals surface area contributed by atoms with Crippen LogP contribution >= 0.6 is 0 Å². The summed E-state index contributed by atoms with van der Waals surface area (Å²) in [6.45, 7) is 8.04. The smallest absolute Gasteiger partial charge is 0.329 e. The van der Waals surface area contributed by atoms with Crippen molar-refractivity contribution in [2.75, 3.05) is 92.8 Å². The maximum Gasteiger partial charge on any atom is 0.329 e. The molecule has 68 heavy (non-hydrogen) atoms. The number of nitrogens with one attached hydrogen (secondary N) is 1. The third-order valence-electron chi connectivity index (χ3n) is 13.4. The molecule has 5 amide bonds. The number of carbonyl (C=O) groups excluding carboxylic acids is 4. The maximum atomic E-state index is 15.4. The summed E-state index contributed by atoms with van der Waals surface area (Å²) in [5.41, 5.74) is 3.34. The number of anilines is 3. The normalized spacial score (nSPS) is 17.8. The van der Waals surface area contributed by atoms with Crippen molar-refractivity contribution in [1.29, 1.82) is 0 Å². The highest BCUT2D eigenvalue weighted by Crippen LogP contribution is 2.40. The van der Waals surface area contributed by atoms with E-state index < -0.39 is 45.3 Å². The Kier molecular flexibility index (Phi) is 13.0. The van der Waals surface area contributed by atoms with Gasteiger partial charge in [-0.1, -0.05) is 12.1 Å². The fraction of sp³-hybridized carbons (Fsp3) is 0.408. The van der Waals surface area contributed by atoms with Crippen LogP contribution in [0.4, 0.5) is 26.4 Å². The molecule has 1 N–H and O–H groups in total. The van der Waals surface area contributed by atoms with Gasteiger partial charge >= 0.3 is 6.03 Å².